The van der Waals surface area contributed by atoms with E-state index in [1.807, 2.05) is 0 Å². The van der Waals surface area contributed by atoms with Crippen LogP contribution < -0.4 is 14.8 Å². The van der Waals surface area contributed by atoms with Crippen LogP contribution in [0.5, 0.6) is 11.5 Å². The molecule has 0 spiro atoms. The second kappa shape index (κ2) is 4.50. The third-order valence-electron chi connectivity index (χ3n) is 3.57. The lowest BCUT2D eigenvalue weighted by Crippen LogP contribution is -2.11. The number of hydrogen-bond acceptors (Lipinski definition) is 3. The summed E-state index contributed by atoms with van der Waals surface area (Å²) in [5.41, 5.74) is 2.49. The van der Waals surface area contributed by atoms with Crippen LogP contribution in [0.4, 0.5) is 0 Å². The molecular formula is C13H16BrNO2. The molecule has 1 atom stereocenters. The maximum absolute atomic E-state index is 5.48. The van der Waals surface area contributed by atoms with Crippen molar-refractivity contribution in [3.63, 3.8) is 0 Å². The van der Waals surface area contributed by atoms with Crippen LogP contribution in [0.15, 0.2) is 10.5 Å². The van der Waals surface area contributed by atoms with E-state index in [9.17, 15) is 0 Å². The van der Waals surface area contributed by atoms with E-state index in [0.717, 1.165) is 42.5 Å². The fourth-order valence-electron chi connectivity index (χ4n) is 2.60. The molecular weight excluding hydrogens is 282 g/mol. The van der Waals surface area contributed by atoms with Gasteiger partial charge in [0.15, 0.2) is 11.5 Å². The van der Waals surface area contributed by atoms with Crippen molar-refractivity contribution in [2.24, 2.45) is 5.92 Å². The molecule has 17 heavy (non-hydrogen) atoms. The first-order valence-electron chi connectivity index (χ1n) is 6.04. The molecule has 1 aromatic rings. The van der Waals surface area contributed by atoms with Gasteiger partial charge >= 0.3 is 0 Å². The van der Waals surface area contributed by atoms with Gasteiger partial charge in [0.1, 0.15) is 0 Å². The molecule has 92 valence electrons. The SMILES string of the molecule is Cc1c(Br)c(CC2CCNC2)cc2c1OCO2. The molecule has 0 radical (unpaired) electrons. The quantitative estimate of drug-likeness (QED) is 0.910. The summed E-state index contributed by atoms with van der Waals surface area (Å²) in [7, 11) is 0. The Kier molecular flexibility index (Phi) is 3.01. The first-order valence-corrected chi connectivity index (χ1v) is 6.83. The monoisotopic (exact) mass is 297 g/mol. The number of nitrogens with one attached hydrogen (secondary N) is 1. The second-order valence-electron chi connectivity index (χ2n) is 4.77. The van der Waals surface area contributed by atoms with E-state index in [1.54, 1.807) is 0 Å². The van der Waals surface area contributed by atoms with Crippen LogP contribution in [0, 0.1) is 12.8 Å². The van der Waals surface area contributed by atoms with Crippen LogP contribution in [0.25, 0.3) is 0 Å². The highest BCUT2D eigenvalue weighted by Crippen LogP contribution is 2.42. The predicted molar refractivity (Wildman–Crippen MR) is 69.7 cm³/mol. The fraction of sp³-hybridized carbons (Fsp3) is 0.538. The summed E-state index contributed by atoms with van der Waals surface area (Å²) in [5, 5.41) is 3.41. The second-order valence-corrected chi connectivity index (χ2v) is 5.56. The molecule has 4 heteroatoms. The number of fused-ring (bicyclic) bond motifs is 1. The summed E-state index contributed by atoms with van der Waals surface area (Å²) >= 11 is 3.69. The van der Waals surface area contributed by atoms with Crippen molar-refractivity contribution in [3.8, 4) is 11.5 Å². The molecule has 0 saturated carbocycles. The third kappa shape index (κ3) is 2.04. The molecule has 0 bridgehead atoms. The molecule has 1 fully saturated rings. The zero-order chi connectivity index (χ0) is 11.8. The van der Waals surface area contributed by atoms with Crippen LogP contribution in [-0.2, 0) is 6.42 Å². The molecule has 0 aromatic heterocycles. The minimum Gasteiger partial charge on any atom is -0.454 e. The van der Waals surface area contributed by atoms with Crippen molar-refractivity contribution in [2.75, 3.05) is 19.9 Å². The standard InChI is InChI=1S/C13H16BrNO2/c1-8-12(14)10(4-9-2-3-15-6-9)5-11-13(8)17-7-16-11/h5,9,15H,2-4,6-7H2,1H3. The fourth-order valence-corrected chi connectivity index (χ4v) is 3.06. The van der Waals surface area contributed by atoms with Crippen LogP contribution in [0.3, 0.4) is 0 Å². The molecule has 0 aliphatic carbocycles. The van der Waals surface area contributed by atoms with Crippen LogP contribution in [0.1, 0.15) is 17.5 Å². The van der Waals surface area contributed by atoms with Crippen molar-refractivity contribution in [1.29, 1.82) is 0 Å². The zero-order valence-corrected chi connectivity index (χ0v) is 11.5. The van der Waals surface area contributed by atoms with Crippen LogP contribution >= 0.6 is 15.9 Å². The highest BCUT2D eigenvalue weighted by atomic mass is 79.9. The van der Waals surface area contributed by atoms with Crippen molar-refractivity contribution < 1.29 is 9.47 Å². The average molecular weight is 298 g/mol. The summed E-state index contributed by atoms with van der Waals surface area (Å²) in [5.74, 6) is 2.53. The van der Waals surface area contributed by atoms with Gasteiger partial charge in [-0.05, 0) is 50.4 Å². The van der Waals surface area contributed by atoms with Gasteiger partial charge < -0.3 is 14.8 Å². The van der Waals surface area contributed by atoms with Gasteiger partial charge in [0.25, 0.3) is 0 Å². The molecule has 1 unspecified atom stereocenters. The Hall–Kier alpha value is -0.740. The van der Waals surface area contributed by atoms with Gasteiger partial charge in [-0.25, -0.2) is 0 Å². The normalized spacial score (nSPS) is 22.1. The van der Waals surface area contributed by atoms with Gasteiger partial charge in [-0.15, -0.1) is 0 Å². The molecule has 2 heterocycles. The topological polar surface area (TPSA) is 30.5 Å². The molecule has 2 aliphatic rings. The largest absolute Gasteiger partial charge is 0.454 e. The van der Waals surface area contributed by atoms with E-state index >= 15 is 0 Å². The van der Waals surface area contributed by atoms with E-state index in [-0.39, 0.29) is 0 Å². The Bertz CT molecular complexity index is 442. The Morgan fingerprint density at radius 2 is 2.35 bits per heavy atom. The Morgan fingerprint density at radius 1 is 1.47 bits per heavy atom. The van der Waals surface area contributed by atoms with Gasteiger partial charge in [-0.3, -0.25) is 0 Å². The summed E-state index contributed by atoms with van der Waals surface area (Å²) in [4.78, 5) is 0. The zero-order valence-electron chi connectivity index (χ0n) is 9.88. The molecule has 3 nitrogen and oxygen atoms in total. The van der Waals surface area contributed by atoms with Crippen molar-refractivity contribution in [3.05, 3.63) is 21.7 Å². The van der Waals surface area contributed by atoms with E-state index in [4.69, 9.17) is 9.47 Å². The summed E-state index contributed by atoms with van der Waals surface area (Å²) in [6, 6.07) is 2.12. The summed E-state index contributed by atoms with van der Waals surface area (Å²) < 4.78 is 12.1. The van der Waals surface area contributed by atoms with E-state index in [1.165, 1.54) is 16.5 Å². The van der Waals surface area contributed by atoms with Gasteiger partial charge in [-0.2, -0.15) is 0 Å². The molecule has 2 aliphatic heterocycles. The maximum atomic E-state index is 5.48. The van der Waals surface area contributed by atoms with E-state index in [2.05, 4.69) is 34.2 Å². The van der Waals surface area contributed by atoms with Gasteiger partial charge in [0.05, 0.1) is 0 Å². The lowest BCUT2D eigenvalue weighted by Gasteiger charge is -2.13. The minimum absolute atomic E-state index is 0.344. The molecule has 0 amide bonds. The Balaban J connectivity index is 1.91. The van der Waals surface area contributed by atoms with Gasteiger partial charge in [0.2, 0.25) is 6.79 Å². The Morgan fingerprint density at radius 3 is 3.12 bits per heavy atom. The predicted octanol–water partition coefficient (Wildman–Crippen LogP) is 2.64. The lowest BCUT2D eigenvalue weighted by molar-refractivity contribution is 0.173. The molecule has 1 saturated heterocycles. The first-order chi connectivity index (χ1) is 8.25. The highest BCUT2D eigenvalue weighted by molar-refractivity contribution is 9.10. The smallest absolute Gasteiger partial charge is 0.231 e. The Labute approximate surface area is 110 Å². The highest BCUT2D eigenvalue weighted by Gasteiger charge is 2.23. The number of ether oxygens (including phenoxy) is 2. The number of rotatable bonds is 2. The third-order valence-corrected chi connectivity index (χ3v) is 4.67. The summed E-state index contributed by atoms with van der Waals surface area (Å²) in [6.07, 6.45) is 2.37. The lowest BCUT2D eigenvalue weighted by atomic mass is 9.97. The maximum Gasteiger partial charge on any atom is 0.231 e. The first kappa shape index (κ1) is 11.4. The van der Waals surface area contributed by atoms with Gasteiger partial charge in [-0.1, -0.05) is 15.9 Å². The molecule has 3 rings (SSSR count). The summed E-state index contributed by atoms with van der Waals surface area (Å²) in [6.45, 7) is 4.69. The number of hydrogen-bond donors (Lipinski definition) is 1. The van der Waals surface area contributed by atoms with Gasteiger partial charge in [0, 0.05) is 10.0 Å². The van der Waals surface area contributed by atoms with E-state index < -0.39 is 0 Å². The molecule has 1 N–H and O–H groups in total. The van der Waals surface area contributed by atoms with Crippen LogP contribution in [-0.4, -0.2) is 19.9 Å². The minimum atomic E-state index is 0.344. The van der Waals surface area contributed by atoms with Crippen molar-refractivity contribution >= 4 is 15.9 Å². The van der Waals surface area contributed by atoms with Crippen LogP contribution in [0.2, 0.25) is 0 Å². The van der Waals surface area contributed by atoms with E-state index in [0.29, 0.717) is 6.79 Å². The van der Waals surface area contributed by atoms with Crippen molar-refractivity contribution in [1.82, 2.24) is 5.32 Å². The number of halogens is 1. The molecule has 1 aromatic carbocycles. The average Bonchev–Trinajstić information content (AvgIpc) is 2.96. The number of benzene rings is 1. The van der Waals surface area contributed by atoms with Crippen molar-refractivity contribution in [2.45, 2.75) is 19.8 Å².